The van der Waals surface area contributed by atoms with Crippen LogP contribution in [0.25, 0.3) is 0 Å². The van der Waals surface area contributed by atoms with Crippen molar-refractivity contribution in [2.24, 2.45) is 0 Å². The zero-order valence-corrected chi connectivity index (χ0v) is 9.42. The van der Waals surface area contributed by atoms with Gasteiger partial charge in [-0.1, -0.05) is 0 Å². The molecule has 1 rings (SSSR count). The van der Waals surface area contributed by atoms with Crippen LogP contribution in [0.2, 0.25) is 0 Å². The molecular weight excluding hydrogens is 333 g/mol. The number of carbonyl (C=O) groups is 1. The van der Waals surface area contributed by atoms with Crippen LogP contribution in [-0.4, -0.2) is 11.1 Å². The molecule has 14 heavy (non-hydrogen) atoms. The summed E-state index contributed by atoms with van der Waals surface area (Å²) in [5, 5.41) is 8.57. The number of rotatable bonds is 1. The first kappa shape index (κ1) is 11.5. The van der Waals surface area contributed by atoms with Gasteiger partial charge in [0.2, 0.25) is 0 Å². The molecule has 0 spiro atoms. The van der Waals surface area contributed by atoms with Crippen LogP contribution < -0.4 is 0 Å². The van der Waals surface area contributed by atoms with Crippen LogP contribution >= 0.6 is 31.9 Å². The third-order valence-electron chi connectivity index (χ3n) is 1.42. The van der Waals surface area contributed by atoms with Crippen molar-refractivity contribution in [2.75, 3.05) is 0 Å². The van der Waals surface area contributed by atoms with E-state index in [0.717, 1.165) is 0 Å². The lowest BCUT2D eigenvalue weighted by Crippen LogP contribution is -2.06. The van der Waals surface area contributed by atoms with Crippen LogP contribution in [0.4, 0.5) is 13.2 Å². The van der Waals surface area contributed by atoms with Crippen LogP contribution in [0.1, 0.15) is 10.4 Å². The van der Waals surface area contributed by atoms with Gasteiger partial charge in [-0.2, -0.15) is 0 Å². The highest BCUT2D eigenvalue weighted by Gasteiger charge is 2.25. The van der Waals surface area contributed by atoms with E-state index in [9.17, 15) is 18.0 Å². The molecule has 1 aromatic carbocycles. The molecule has 0 radical (unpaired) electrons. The highest BCUT2D eigenvalue weighted by atomic mass is 79.9. The summed E-state index contributed by atoms with van der Waals surface area (Å²) in [6.07, 6.45) is 0. The summed E-state index contributed by atoms with van der Waals surface area (Å²) >= 11 is 5.05. The standard InChI is InChI=1S/C7HBr2F3O2/c8-2-1(7(13)14)3(9)5(11)6(12)4(2)10/h(H,13,14). The van der Waals surface area contributed by atoms with Crippen molar-refractivity contribution in [1.82, 2.24) is 0 Å². The van der Waals surface area contributed by atoms with E-state index in [-0.39, 0.29) is 0 Å². The fraction of sp³-hybridized carbons (Fsp3) is 0. The Morgan fingerprint density at radius 2 is 1.36 bits per heavy atom. The van der Waals surface area contributed by atoms with E-state index in [1.165, 1.54) is 0 Å². The molecule has 1 N–H and O–H groups in total. The monoisotopic (exact) mass is 332 g/mol. The van der Waals surface area contributed by atoms with Gasteiger partial charge in [0.1, 0.15) is 0 Å². The van der Waals surface area contributed by atoms with Crippen LogP contribution in [0, 0.1) is 17.5 Å². The molecule has 0 fully saturated rings. The number of hydrogen-bond donors (Lipinski definition) is 1. The summed E-state index contributed by atoms with van der Waals surface area (Å²) in [6, 6.07) is 0. The predicted molar refractivity (Wildman–Crippen MR) is 48.7 cm³/mol. The maximum absolute atomic E-state index is 12.8. The van der Waals surface area contributed by atoms with Gasteiger partial charge in [-0.05, 0) is 31.9 Å². The highest BCUT2D eigenvalue weighted by molar-refractivity contribution is 9.11. The Balaban J connectivity index is 3.68. The second-order valence-corrected chi connectivity index (χ2v) is 3.84. The first-order valence-electron chi connectivity index (χ1n) is 3.12. The Kier molecular flexibility index (Phi) is 3.20. The SMILES string of the molecule is O=C(O)c1c(Br)c(F)c(F)c(F)c1Br. The topological polar surface area (TPSA) is 37.3 Å². The summed E-state index contributed by atoms with van der Waals surface area (Å²) in [4.78, 5) is 10.5. The summed E-state index contributed by atoms with van der Waals surface area (Å²) < 4.78 is 37.1. The summed E-state index contributed by atoms with van der Waals surface area (Å²) in [7, 11) is 0. The molecule has 2 nitrogen and oxygen atoms in total. The molecule has 0 amide bonds. The molecule has 0 aliphatic carbocycles. The Labute approximate surface area is 93.0 Å². The molecule has 0 saturated carbocycles. The average molecular weight is 334 g/mol. The van der Waals surface area contributed by atoms with Gasteiger partial charge < -0.3 is 5.11 Å². The Morgan fingerprint density at radius 3 is 1.64 bits per heavy atom. The first-order chi connectivity index (χ1) is 6.37. The van der Waals surface area contributed by atoms with Crippen LogP contribution in [-0.2, 0) is 0 Å². The van der Waals surface area contributed by atoms with Crippen LogP contribution in [0.3, 0.4) is 0 Å². The quantitative estimate of drug-likeness (QED) is 0.632. The minimum absolute atomic E-state index is 0.629. The molecule has 0 unspecified atom stereocenters. The number of benzene rings is 1. The second-order valence-electron chi connectivity index (χ2n) is 2.25. The zero-order valence-electron chi connectivity index (χ0n) is 6.25. The van der Waals surface area contributed by atoms with E-state index >= 15 is 0 Å². The van der Waals surface area contributed by atoms with Crippen molar-refractivity contribution in [2.45, 2.75) is 0 Å². The third kappa shape index (κ3) is 1.66. The maximum atomic E-state index is 12.8. The summed E-state index contributed by atoms with van der Waals surface area (Å²) in [5.41, 5.74) is -0.693. The predicted octanol–water partition coefficient (Wildman–Crippen LogP) is 3.33. The molecule has 1 aromatic rings. The lowest BCUT2D eigenvalue weighted by atomic mass is 10.2. The molecule has 0 bridgehead atoms. The van der Waals surface area contributed by atoms with Crippen molar-refractivity contribution in [3.63, 3.8) is 0 Å². The van der Waals surface area contributed by atoms with Crippen molar-refractivity contribution >= 4 is 37.8 Å². The Bertz CT molecular complexity index is 391. The molecule has 0 atom stereocenters. The molecule has 0 heterocycles. The van der Waals surface area contributed by atoms with E-state index in [4.69, 9.17) is 5.11 Å². The normalized spacial score (nSPS) is 10.4. The van der Waals surface area contributed by atoms with Crippen LogP contribution in [0.15, 0.2) is 8.95 Å². The second kappa shape index (κ2) is 3.90. The first-order valence-corrected chi connectivity index (χ1v) is 4.71. The Morgan fingerprint density at radius 1 is 1.00 bits per heavy atom. The third-order valence-corrected chi connectivity index (χ3v) is 2.91. The van der Waals surface area contributed by atoms with Gasteiger partial charge in [0.05, 0.1) is 14.5 Å². The van der Waals surface area contributed by atoms with Crippen molar-refractivity contribution < 1.29 is 23.1 Å². The number of halogens is 5. The van der Waals surface area contributed by atoms with Crippen LogP contribution in [0.5, 0.6) is 0 Å². The maximum Gasteiger partial charge on any atom is 0.338 e. The van der Waals surface area contributed by atoms with Gasteiger partial charge in [-0.3, -0.25) is 0 Å². The Hall–Kier alpha value is -0.560. The van der Waals surface area contributed by atoms with Crippen molar-refractivity contribution in [3.8, 4) is 0 Å². The highest BCUT2D eigenvalue weighted by Crippen LogP contribution is 2.32. The average Bonchev–Trinajstić information content (AvgIpc) is 2.11. The van der Waals surface area contributed by atoms with Gasteiger partial charge >= 0.3 is 5.97 Å². The van der Waals surface area contributed by atoms with Gasteiger partial charge in [0.15, 0.2) is 17.5 Å². The van der Waals surface area contributed by atoms with E-state index in [1.807, 2.05) is 0 Å². The fourth-order valence-corrected chi connectivity index (χ4v) is 2.14. The summed E-state index contributed by atoms with van der Waals surface area (Å²) in [6.45, 7) is 0. The van der Waals surface area contributed by atoms with E-state index in [2.05, 4.69) is 31.9 Å². The molecule has 0 aliphatic rings. The fourth-order valence-electron chi connectivity index (χ4n) is 0.793. The van der Waals surface area contributed by atoms with Crippen molar-refractivity contribution in [3.05, 3.63) is 32.0 Å². The van der Waals surface area contributed by atoms with Gasteiger partial charge in [0, 0.05) is 0 Å². The molecule has 0 saturated heterocycles. The van der Waals surface area contributed by atoms with Gasteiger partial charge in [0.25, 0.3) is 0 Å². The minimum atomic E-state index is -1.73. The minimum Gasteiger partial charge on any atom is -0.478 e. The number of aromatic carboxylic acids is 1. The smallest absolute Gasteiger partial charge is 0.338 e. The van der Waals surface area contributed by atoms with Gasteiger partial charge in [-0.25, -0.2) is 18.0 Å². The zero-order chi connectivity index (χ0) is 11.0. The lowest BCUT2D eigenvalue weighted by Gasteiger charge is -2.05. The van der Waals surface area contributed by atoms with E-state index < -0.39 is 37.9 Å². The summed E-state index contributed by atoms with van der Waals surface area (Å²) in [5.74, 6) is -6.43. The van der Waals surface area contributed by atoms with E-state index in [0.29, 0.717) is 0 Å². The molecule has 0 aromatic heterocycles. The van der Waals surface area contributed by atoms with E-state index in [1.54, 1.807) is 0 Å². The number of hydrogen-bond acceptors (Lipinski definition) is 1. The van der Waals surface area contributed by atoms with Gasteiger partial charge in [-0.15, -0.1) is 0 Å². The van der Waals surface area contributed by atoms with Crippen molar-refractivity contribution in [1.29, 1.82) is 0 Å². The largest absolute Gasteiger partial charge is 0.478 e. The lowest BCUT2D eigenvalue weighted by molar-refractivity contribution is 0.0693. The molecule has 7 heteroatoms. The number of carboxylic acids is 1. The molecule has 0 aliphatic heterocycles. The number of carboxylic acid groups (broad SMARTS) is 1. The molecular formula is C7HBr2F3O2. The molecule has 76 valence electrons.